The number of thiophene rings is 1. The van der Waals surface area contributed by atoms with Crippen LogP contribution in [0.4, 0.5) is 5.00 Å². The van der Waals surface area contributed by atoms with Gasteiger partial charge >= 0.3 is 0 Å². The summed E-state index contributed by atoms with van der Waals surface area (Å²) in [6.45, 7) is 3.12. The fourth-order valence-electron chi connectivity index (χ4n) is 3.27. The van der Waals surface area contributed by atoms with E-state index in [0.717, 1.165) is 37.7 Å². The zero-order valence-corrected chi connectivity index (χ0v) is 14.3. The number of carbonyl (C=O) groups is 1. The van der Waals surface area contributed by atoms with Gasteiger partial charge < -0.3 is 10.4 Å². The Morgan fingerprint density at radius 3 is 2.91 bits per heavy atom. The van der Waals surface area contributed by atoms with Gasteiger partial charge in [0.15, 0.2) is 0 Å². The summed E-state index contributed by atoms with van der Waals surface area (Å²) in [5.74, 6) is 0.555. The van der Waals surface area contributed by atoms with Crippen LogP contribution in [0.3, 0.4) is 0 Å². The number of nitrogens with one attached hydrogen (secondary N) is 1. The third kappa shape index (κ3) is 3.74. The molecule has 1 fully saturated rings. The molecule has 3 rings (SSSR count). The summed E-state index contributed by atoms with van der Waals surface area (Å²) < 4.78 is 0. The molecular formula is C17H23N3O2S. The predicted octanol–water partition coefficient (Wildman–Crippen LogP) is 2.14. The molecule has 1 saturated carbocycles. The van der Waals surface area contributed by atoms with Gasteiger partial charge in [-0.2, -0.15) is 5.26 Å². The molecule has 1 amide bonds. The van der Waals surface area contributed by atoms with Gasteiger partial charge in [0.05, 0.1) is 18.7 Å². The van der Waals surface area contributed by atoms with Crippen LogP contribution >= 0.6 is 11.3 Å². The van der Waals surface area contributed by atoms with Crippen LogP contribution in [0, 0.1) is 17.2 Å². The van der Waals surface area contributed by atoms with Crippen LogP contribution in [-0.2, 0) is 17.6 Å². The van der Waals surface area contributed by atoms with Gasteiger partial charge in [0.1, 0.15) is 11.1 Å². The fourth-order valence-corrected chi connectivity index (χ4v) is 4.64. The average Bonchev–Trinajstić information content (AvgIpc) is 3.29. The van der Waals surface area contributed by atoms with Gasteiger partial charge in [-0.25, -0.2) is 0 Å². The van der Waals surface area contributed by atoms with Gasteiger partial charge in [0.25, 0.3) is 0 Å². The van der Waals surface area contributed by atoms with Crippen molar-refractivity contribution < 1.29 is 9.90 Å². The molecular weight excluding hydrogens is 310 g/mol. The lowest BCUT2D eigenvalue weighted by atomic mass is 9.89. The second-order valence-electron chi connectivity index (χ2n) is 6.64. The highest BCUT2D eigenvalue weighted by atomic mass is 32.1. The number of fused-ring (bicyclic) bond motifs is 1. The minimum atomic E-state index is -0.0894. The van der Waals surface area contributed by atoms with Crippen molar-refractivity contribution >= 4 is 22.2 Å². The fraction of sp³-hybridized carbons (Fsp3) is 0.647. The maximum Gasteiger partial charge on any atom is 0.239 e. The minimum Gasteiger partial charge on any atom is -0.395 e. The molecule has 124 valence electrons. The second kappa shape index (κ2) is 7.00. The second-order valence-corrected chi connectivity index (χ2v) is 7.75. The van der Waals surface area contributed by atoms with Crippen molar-refractivity contribution in [1.82, 2.24) is 4.90 Å². The number of hydrogen-bond acceptors (Lipinski definition) is 5. The summed E-state index contributed by atoms with van der Waals surface area (Å²) in [7, 11) is 0. The van der Waals surface area contributed by atoms with Gasteiger partial charge in [-0.1, -0.05) is 6.92 Å². The maximum atomic E-state index is 12.3. The molecule has 6 heteroatoms. The highest BCUT2D eigenvalue weighted by Crippen LogP contribution is 2.39. The molecule has 0 bridgehead atoms. The van der Waals surface area contributed by atoms with Crippen molar-refractivity contribution in [1.29, 1.82) is 5.26 Å². The van der Waals surface area contributed by atoms with Crippen LogP contribution in [-0.4, -0.2) is 41.7 Å². The highest BCUT2D eigenvalue weighted by Gasteiger charge is 2.30. The average molecular weight is 333 g/mol. The highest BCUT2D eigenvalue weighted by molar-refractivity contribution is 7.16. The van der Waals surface area contributed by atoms with Gasteiger partial charge in [0.2, 0.25) is 5.91 Å². The lowest BCUT2D eigenvalue weighted by Gasteiger charge is -2.19. The largest absolute Gasteiger partial charge is 0.395 e. The number of aliphatic hydroxyl groups is 1. The molecule has 1 heterocycles. The van der Waals surface area contributed by atoms with Crippen LogP contribution in [0.25, 0.3) is 0 Å². The first-order chi connectivity index (χ1) is 11.1. The van der Waals surface area contributed by atoms with E-state index in [4.69, 9.17) is 5.11 Å². The summed E-state index contributed by atoms with van der Waals surface area (Å²) >= 11 is 1.56. The van der Waals surface area contributed by atoms with Gasteiger partial charge in [-0.05, 0) is 43.6 Å². The number of rotatable bonds is 6. The summed E-state index contributed by atoms with van der Waals surface area (Å²) in [6.07, 6.45) is 5.25. The Kier molecular flexibility index (Phi) is 5.00. The Hall–Kier alpha value is -1.42. The van der Waals surface area contributed by atoms with Crippen molar-refractivity contribution in [3.63, 3.8) is 0 Å². The number of amides is 1. The van der Waals surface area contributed by atoms with Crippen molar-refractivity contribution in [2.45, 2.75) is 45.1 Å². The number of aliphatic hydroxyl groups excluding tert-OH is 1. The molecule has 1 atom stereocenters. The summed E-state index contributed by atoms with van der Waals surface area (Å²) in [5.41, 5.74) is 1.80. The Balaban J connectivity index is 1.70. The minimum absolute atomic E-state index is 0.0679. The molecule has 1 unspecified atom stereocenters. The molecule has 2 aliphatic carbocycles. The van der Waals surface area contributed by atoms with E-state index in [0.29, 0.717) is 29.1 Å². The number of nitrogens with zero attached hydrogens (tertiary/aromatic N) is 2. The van der Waals surface area contributed by atoms with E-state index < -0.39 is 0 Å². The molecule has 0 radical (unpaired) electrons. The number of hydrogen-bond donors (Lipinski definition) is 2. The zero-order chi connectivity index (χ0) is 16.4. The van der Waals surface area contributed by atoms with E-state index in [1.165, 1.54) is 4.88 Å². The van der Waals surface area contributed by atoms with Crippen LogP contribution < -0.4 is 5.32 Å². The lowest BCUT2D eigenvalue weighted by Crippen LogP contribution is -2.36. The topological polar surface area (TPSA) is 76.4 Å². The maximum absolute atomic E-state index is 12.3. The normalized spacial score (nSPS) is 20.2. The quantitative estimate of drug-likeness (QED) is 0.836. The van der Waals surface area contributed by atoms with Gasteiger partial charge in [0, 0.05) is 17.5 Å². The van der Waals surface area contributed by atoms with Crippen molar-refractivity contribution in [2.24, 2.45) is 5.92 Å². The molecule has 0 saturated heterocycles. The van der Waals surface area contributed by atoms with E-state index in [1.54, 1.807) is 11.3 Å². The molecule has 0 aromatic carbocycles. The first-order valence-corrected chi connectivity index (χ1v) is 9.13. The molecule has 5 nitrogen and oxygen atoms in total. The SMILES string of the molecule is CC1CCc2c(sc(NC(=O)CN(CCO)C3CC3)c2C#N)C1. The molecule has 1 aromatic heterocycles. The van der Waals surface area contributed by atoms with E-state index in [-0.39, 0.29) is 19.1 Å². The summed E-state index contributed by atoms with van der Waals surface area (Å²) in [4.78, 5) is 15.6. The van der Waals surface area contributed by atoms with E-state index >= 15 is 0 Å². The van der Waals surface area contributed by atoms with Crippen LogP contribution in [0.1, 0.15) is 42.2 Å². The first kappa shape index (κ1) is 16.4. The summed E-state index contributed by atoms with van der Waals surface area (Å²) in [6, 6.07) is 2.71. The standard InChI is InChI=1S/C17H23N3O2S/c1-11-2-5-13-14(9-18)17(23-15(13)8-11)19-16(22)10-20(6-7-21)12-3-4-12/h11-12,21H,2-8,10H2,1H3,(H,19,22). The number of carbonyl (C=O) groups excluding carboxylic acids is 1. The van der Waals surface area contributed by atoms with Crippen molar-refractivity contribution in [3.8, 4) is 6.07 Å². The van der Waals surface area contributed by atoms with Crippen LogP contribution in [0.15, 0.2) is 0 Å². The van der Waals surface area contributed by atoms with Crippen molar-refractivity contribution in [3.05, 3.63) is 16.0 Å². The Morgan fingerprint density at radius 2 is 2.26 bits per heavy atom. The van der Waals surface area contributed by atoms with E-state index in [1.807, 2.05) is 4.90 Å². The first-order valence-electron chi connectivity index (χ1n) is 8.31. The number of anilines is 1. The third-order valence-corrected chi connectivity index (χ3v) is 5.84. The zero-order valence-electron chi connectivity index (χ0n) is 13.5. The smallest absolute Gasteiger partial charge is 0.239 e. The van der Waals surface area contributed by atoms with E-state index in [9.17, 15) is 10.1 Å². The lowest BCUT2D eigenvalue weighted by molar-refractivity contribution is -0.117. The van der Waals surface area contributed by atoms with Crippen molar-refractivity contribution in [2.75, 3.05) is 25.0 Å². The molecule has 0 aliphatic heterocycles. The Bertz CT molecular complexity index is 631. The number of nitriles is 1. The monoisotopic (exact) mass is 333 g/mol. The Labute approximate surface area is 140 Å². The van der Waals surface area contributed by atoms with Crippen LogP contribution in [0.2, 0.25) is 0 Å². The molecule has 23 heavy (non-hydrogen) atoms. The third-order valence-electron chi connectivity index (χ3n) is 4.67. The Morgan fingerprint density at radius 1 is 1.48 bits per heavy atom. The van der Waals surface area contributed by atoms with Crippen LogP contribution in [0.5, 0.6) is 0 Å². The molecule has 2 aliphatic rings. The molecule has 0 spiro atoms. The molecule has 2 N–H and O–H groups in total. The van der Waals surface area contributed by atoms with Gasteiger partial charge in [-0.15, -0.1) is 11.3 Å². The van der Waals surface area contributed by atoms with E-state index in [2.05, 4.69) is 18.3 Å². The molecule has 1 aromatic rings. The summed E-state index contributed by atoms with van der Waals surface area (Å²) in [5, 5.41) is 22.2. The van der Waals surface area contributed by atoms with Gasteiger partial charge in [-0.3, -0.25) is 9.69 Å². The predicted molar refractivity (Wildman–Crippen MR) is 90.5 cm³/mol.